The van der Waals surface area contributed by atoms with Crippen LogP contribution in [0.3, 0.4) is 0 Å². The van der Waals surface area contributed by atoms with Crippen molar-refractivity contribution in [2.24, 2.45) is 5.73 Å². The lowest BCUT2D eigenvalue weighted by atomic mass is 10.1. The van der Waals surface area contributed by atoms with E-state index in [1.807, 2.05) is 0 Å². The highest BCUT2D eigenvalue weighted by Crippen LogP contribution is 2.28. The zero-order valence-corrected chi connectivity index (χ0v) is 7.99. The Kier molecular flexibility index (Phi) is 3.47. The minimum Gasteiger partial charge on any atom is -0.319 e. The Balaban J connectivity index is 3.05. The molecule has 0 aliphatic rings. The molecule has 13 heavy (non-hydrogen) atoms. The average Bonchev–Trinajstić information content (AvgIpc) is 2.08. The van der Waals surface area contributed by atoms with Crippen LogP contribution in [0.15, 0.2) is 18.2 Å². The quantitative estimate of drug-likeness (QED) is 0.822. The van der Waals surface area contributed by atoms with Crippen LogP contribution in [0, 0.1) is 0 Å². The fourth-order valence-electron chi connectivity index (χ4n) is 0.906. The summed E-state index contributed by atoms with van der Waals surface area (Å²) in [7, 11) is 0. The number of halogens is 4. The van der Waals surface area contributed by atoms with Gasteiger partial charge in [0.05, 0.1) is 6.04 Å². The second kappa shape index (κ2) is 4.22. The largest absolute Gasteiger partial charge is 0.319 e. The summed E-state index contributed by atoms with van der Waals surface area (Å²) in [4.78, 5) is 0. The highest BCUT2D eigenvalue weighted by molar-refractivity contribution is 6.33. The van der Waals surface area contributed by atoms with Gasteiger partial charge in [-0.3, -0.25) is 0 Å². The van der Waals surface area contributed by atoms with Crippen molar-refractivity contribution < 1.29 is 8.78 Å². The second-order valence-electron chi connectivity index (χ2n) is 2.53. The van der Waals surface area contributed by atoms with Gasteiger partial charge in [0.25, 0.3) is 6.43 Å². The molecule has 0 unspecified atom stereocenters. The molecule has 0 aliphatic heterocycles. The second-order valence-corrected chi connectivity index (χ2v) is 3.37. The van der Waals surface area contributed by atoms with Crippen LogP contribution in [0.1, 0.15) is 11.6 Å². The molecule has 0 radical (unpaired) electrons. The van der Waals surface area contributed by atoms with Gasteiger partial charge >= 0.3 is 0 Å². The van der Waals surface area contributed by atoms with Crippen molar-refractivity contribution in [2.45, 2.75) is 12.5 Å². The molecular formula is C8H7Cl2F2N. The van der Waals surface area contributed by atoms with Crippen molar-refractivity contribution in [1.82, 2.24) is 0 Å². The number of hydrogen-bond acceptors (Lipinski definition) is 1. The van der Waals surface area contributed by atoms with E-state index in [0.717, 1.165) is 0 Å². The highest BCUT2D eigenvalue weighted by atomic mass is 35.5. The molecule has 1 aromatic rings. The van der Waals surface area contributed by atoms with E-state index in [2.05, 4.69) is 0 Å². The predicted octanol–water partition coefficient (Wildman–Crippen LogP) is 3.26. The molecule has 0 spiro atoms. The smallest absolute Gasteiger partial charge is 0.257 e. The number of alkyl halides is 2. The predicted molar refractivity (Wildman–Crippen MR) is 49.4 cm³/mol. The lowest BCUT2D eigenvalue weighted by molar-refractivity contribution is 0.116. The van der Waals surface area contributed by atoms with Crippen LogP contribution in [0.25, 0.3) is 0 Å². The Morgan fingerprint density at radius 3 is 2.38 bits per heavy atom. The maximum absolute atomic E-state index is 12.2. The zero-order chi connectivity index (χ0) is 10.0. The normalized spacial score (nSPS) is 13.4. The summed E-state index contributed by atoms with van der Waals surface area (Å²) in [6.45, 7) is 0. The van der Waals surface area contributed by atoms with Crippen LogP contribution < -0.4 is 5.73 Å². The standard InChI is InChI=1S/C8H7Cl2F2N/c9-4-1-2-6(10)5(3-4)7(13)8(11)12/h1-3,7-8H,13H2/t7-/m0/s1. The first-order chi connectivity index (χ1) is 6.02. The monoisotopic (exact) mass is 225 g/mol. The maximum Gasteiger partial charge on any atom is 0.257 e. The zero-order valence-electron chi connectivity index (χ0n) is 6.48. The van der Waals surface area contributed by atoms with E-state index in [-0.39, 0.29) is 10.6 Å². The first-order valence-corrected chi connectivity index (χ1v) is 4.26. The minimum atomic E-state index is -2.64. The van der Waals surface area contributed by atoms with Gasteiger partial charge in [-0.15, -0.1) is 0 Å². The average molecular weight is 226 g/mol. The molecule has 5 heteroatoms. The van der Waals surface area contributed by atoms with Crippen molar-refractivity contribution in [3.05, 3.63) is 33.8 Å². The van der Waals surface area contributed by atoms with Crippen LogP contribution >= 0.6 is 23.2 Å². The van der Waals surface area contributed by atoms with Gasteiger partial charge in [0.2, 0.25) is 0 Å². The summed E-state index contributed by atoms with van der Waals surface area (Å²) in [5, 5.41) is 0.549. The third-order valence-electron chi connectivity index (χ3n) is 1.59. The van der Waals surface area contributed by atoms with Crippen molar-refractivity contribution in [3.8, 4) is 0 Å². The Bertz CT molecular complexity index is 304. The third-order valence-corrected chi connectivity index (χ3v) is 2.17. The van der Waals surface area contributed by atoms with E-state index < -0.39 is 12.5 Å². The fraction of sp³-hybridized carbons (Fsp3) is 0.250. The fourth-order valence-corrected chi connectivity index (χ4v) is 1.33. The van der Waals surface area contributed by atoms with Crippen molar-refractivity contribution in [2.75, 3.05) is 0 Å². The number of hydrogen-bond donors (Lipinski definition) is 1. The molecule has 0 saturated carbocycles. The molecule has 0 aliphatic carbocycles. The van der Waals surface area contributed by atoms with Crippen LogP contribution in [0.4, 0.5) is 8.78 Å². The molecule has 1 nitrogen and oxygen atoms in total. The SMILES string of the molecule is N[C@@H](c1cc(Cl)ccc1Cl)C(F)F. The molecule has 1 rings (SSSR count). The maximum atomic E-state index is 12.2. The first kappa shape index (κ1) is 10.7. The lowest BCUT2D eigenvalue weighted by Gasteiger charge is -2.12. The number of benzene rings is 1. The van der Waals surface area contributed by atoms with E-state index in [0.29, 0.717) is 5.02 Å². The molecular weight excluding hydrogens is 219 g/mol. The third kappa shape index (κ3) is 2.53. The Morgan fingerprint density at radius 1 is 1.23 bits per heavy atom. The molecule has 0 aromatic heterocycles. The van der Waals surface area contributed by atoms with Gasteiger partial charge < -0.3 is 5.73 Å². The van der Waals surface area contributed by atoms with E-state index in [1.54, 1.807) is 0 Å². The van der Waals surface area contributed by atoms with E-state index in [9.17, 15) is 8.78 Å². The summed E-state index contributed by atoms with van der Waals surface area (Å²) in [5.74, 6) is 0. The molecule has 2 N–H and O–H groups in total. The van der Waals surface area contributed by atoms with Crippen molar-refractivity contribution in [3.63, 3.8) is 0 Å². The molecule has 1 atom stereocenters. The molecule has 0 bridgehead atoms. The number of rotatable bonds is 2. The Hall–Kier alpha value is -0.380. The number of nitrogens with two attached hydrogens (primary N) is 1. The molecule has 0 saturated heterocycles. The molecule has 1 aromatic carbocycles. The van der Waals surface area contributed by atoms with Gasteiger partial charge in [0, 0.05) is 10.0 Å². The lowest BCUT2D eigenvalue weighted by Crippen LogP contribution is -2.19. The first-order valence-electron chi connectivity index (χ1n) is 3.51. The molecule has 0 heterocycles. The summed E-state index contributed by atoms with van der Waals surface area (Å²) < 4.78 is 24.4. The molecule has 72 valence electrons. The minimum absolute atomic E-state index is 0.171. The van der Waals surface area contributed by atoms with Crippen LogP contribution in [0.2, 0.25) is 10.0 Å². The van der Waals surface area contributed by atoms with Gasteiger partial charge in [0.15, 0.2) is 0 Å². The topological polar surface area (TPSA) is 26.0 Å². The summed E-state index contributed by atoms with van der Waals surface area (Å²) >= 11 is 11.3. The van der Waals surface area contributed by atoms with E-state index in [4.69, 9.17) is 28.9 Å². The van der Waals surface area contributed by atoms with Crippen molar-refractivity contribution >= 4 is 23.2 Å². The van der Waals surface area contributed by atoms with Gasteiger partial charge in [-0.25, -0.2) is 8.78 Å². The highest BCUT2D eigenvalue weighted by Gasteiger charge is 2.20. The van der Waals surface area contributed by atoms with Crippen LogP contribution in [-0.4, -0.2) is 6.43 Å². The Labute approximate surface area is 84.4 Å². The van der Waals surface area contributed by atoms with Gasteiger partial charge in [-0.2, -0.15) is 0 Å². The Morgan fingerprint density at radius 2 is 1.85 bits per heavy atom. The van der Waals surface area contributed by atoms with Gasteiger partial charge in [-0.1, -0.05) is 23.2 Å². The van der Waals surface area contributed by atoms with E-state index in [1.165, 1.54) is 18.2 Å². The summed E-state index contributed by atoms with van der Waals surface area (Å²) in [6.07, 6.45) is -2.64. The van der Waals surface area contributed by atoms with Crippen LogP contribution in [0.5, 0.6) is 0 Å². The van der Waals surface area contributed by atoms with Crippen LogP contribution in [-0.2, 0) is 0 Å². The summed E-state index contributed by atoms with van der Waals surface area (Å²) in [5.41, 5.74) is 5.38. The van der Waals surface area contributed by atoms with E-state index >= 15 is 0 Å². The summed E-state index contributed by atoms with van der Waals surface area (Å²) in [6, 6.07) is 2.93. The van der Waals surface area contributed by atoms with Crippen molar-refractivity contribution in [1.29, 1.82) is 0 Å². The molecule has 0 amide bonds. The van der Waals surface area contributed by atoms with Gasteiger partial charge in [-0.05, 0) is 23.8 Å². The molecule has 0 fully saturated rings. The van der Waals surface area contributed by atoms with Gasteiger partial charge in [0.1, 0.15) is 0 Å².